The summed E-state index contributed by atoms with van der Waals surface area (Å²) in [6.45, 7) is 3.36. The predicted octanol–water partition coefficient (Wildman–Crippen LogP) is 2.78. The summed E-state index contributed by atoms with van der Waals surface area (Å²) in [6, 6.07) is 11.4. The molecule has 7 heteroatoms. The topological polar surface area (TPSA) is 101 Å². The Morgan fingerprint density at radius 2 is 2.00 bits per heavy atom. The van der Waals surface area contributed by atoms with Gasteiger partial charge in [0.2, 0.25) is 5.95 Å². The third-order valence-electron chi connectivity index (χ3n) is 5.02. The number of amides is 1. The van der Waals surface area contributed by atoms with Crippen LogP contribution < -0.4 is 5.73 Å². The van der Waals surface area contributed by atoms with E-state index in [1.165, 1.54) is 0 Å². The van der Waals surface area contributed by atoms with Crippen LogP contribution in [0.4, 0.5) is 5.95 Å². The molecule has 0 bridgehead atoms. The Morgan fingerprint density at radius 1 is 1.19 bits per heavy atom. The van der Waals surface area contributed by atoms with Crippen molar-refractivity contribution in [2.24, 2.45) is 0 Å². The van der Waals surface area contributed by atoms with Crippen LogP contribution in [0.2, 0.25) is 0 Å². The molecular weight excluding hydrogens is 340 g/mol. The van der Waals surface area contributed by atoms with Gasteiger partial charge in [0.15, 0.2) is 0 Å². The summed E-state index contributed by atoms with van der Waals surface area (Å²) >= 11 is 0. The van der Waals surface area contributed by atoms with E-state index in [0.29, 0.717) is 11.5 Å². The van der Waals surface area contributed by atoms with Gasteiger partial charge in [0, 0.05) is 47.7 Å². The molecule has 0 atom stereocenters. The molecule has 3 N–H and O–H groups in total. The molecule has 1 aliphatic heterocycles. The van der Waals surface area contributed by atoms with Gasteiger partial charge in [0.25, 0.3) is 5.91 Å². The predicted molar refractivity (Wildman–Crippen MR) is 103 cm³/mol. The molecule has 0 saturated carbocycles. The number of rotatable bonds is 3. The molecule has 0 spiro atoms. The highest BCUT2D eigenvalue weighted by Gasteiger charge is 2.25. The minimum absolute atomic E-state index is 0.0543. The molecule has 0 aliphatic carbocycles. The van der Waals surface area contributed by atoms with E-state index in [-0.39, 0.29) is 11.9 Å². The molecule has 1 fully saturated rings. The van der Waals surface area contributed by atoms with Crippen LogP contribution in [0.25, 0.3) is 11.3 Å². The first-order valence-corrected chi connectivity index (χ1v) is 9.10. The standard InChI is InChI=1S/C20H22N6O/c1-13-11-18(24-20(21)23-13)15-3-2-4-16(12-15)19(27)26-9-6-14(7-10-26)17-5-8-22-25-17/h2-5,8,11-12,14H,6-7,9-10H2,1H3,(H,22,25)(H2,21,23,24). The molecule has 0 radical (unpaired) electrons. The maximum Gasteiger partial charge on any atom is 0.253 e. The Bertz CT molecular complexity index is 925. The number of carbonyl (C=O) groups excluding carboxylic acids is 1. The number of nitrogens with zero attached hydrogens (tertiary/aromatic N) is 4. The van der Waals surface area contributed by atoms with E-state index in [1.807, 2.05) is 48.2 Å². The largest absolute Gasteiger partial charge is 0.368 e. The Morgan fingerprint density at radius 3 is 2.70 bits per heavy atom. The monoisotopic (exact) mass is 362 g/mol. The normalized spacial score (nSPS) is 15.1. The van der Waals surface area contributed by atoms with Gasteiger partial charge in [-0.05, 0) is 44.0 Å². The number of hydrogen-bond acceptors (Lipinski definition) is 5. The number of likely N-dealkylation sites (tertiary alicyclic amines) is 1. The highest BCUT2D eigenvalue weighted by Crippen LogP contribution is 2.27. The average molecular weight is 362 g/mol. The second-order valence-electron chi connectivity index (χ2n) is 6.91. The zero-order chi connectivity index (χ0) is 18.8. The van der Waals surface area contributed by atoms with Gasteiger partial charge >= 0.3 is 0 Å². The minimum Gasteiger partial charge on any atom is -0.368 e. The number of hydrogen-bond donors (Lipinski definition) is 2. The molecular formula is C20H22N6O. The lowest BCUT2D eigenvalue weighted by molar-refractivity contribution is 0.0712. The molecule has 1 aliphatic rings. The van der Waals surface area contributed by atoms with Crippen molar-refractivity contribution in [3.8, 4) is 11.3 Å². The van der Waals surface area contributed by atoms with Crippen molar-refractivity contribution in [3.05, 3.63) is 59.5 Å². The smallest absolute Gasteiger partial charge is 0.253 e. The van der Waals surface area contributed by atoms with E-state index in [0.717, 1.165) is 48.6 Å². The fourth-order valence-corrected chi connectivity index (χ4v) is 3.62. The third kappa shape index (κ3) is 3.67. The fraction of sp³-hybridized carbons (Fsp3) is 0.300. The van der Waals surface area contributed by atoms with Crippen molar-refractivity contribution >= 4 is 11.9 Å². The Hall–Kier alpha value is -3.22. The van der Waals surface area contributed by atoms with Gasteiger partial charge in [0.05, 0.1) is 5.69 Å². The summed E-state index contributed by atoms with van der Waals surface area (Å²) in [5.74, 6) is 0.733. The number of nitrogens with two attached hydrogens (primary N) is 1. The molecule has 7 nitrogen and oxygen atoms in total. The molecule has 1 amide bonds. The number of nitrogens with one attached hydrogen (secondary N) is 1. The van der Waals surface area contributed by atoms with E-state index >= 15 is 0 Å². The van der Waals surface area contributed by atoms with Crippen LogP contribution in [0, 0.1) is 6.92 Å². The Labute approximate surface area is 157 Å². The van der Waals surface area contributed by atoms with E-state index in [4.69, 9.17) is 5.73 Å². The molecule has 1 aromatic carbocycles. The van der Waals surface area contributed by atoms with Gasteiger partial charge in [0.1, 0.15) is 0 Å². The number of benzene rings is 1. The number of aryl methyl sites for hydroxylation is 1. The van der Waals surface area contributed by atoms with Crippen molar-refractivity contribution < 1.29 is 4.79 Å². The number of aromatic nitrogens is 4. The molecule has 138 valence electrons. The summed E-state index contributed by atoms with van der Waals surface area (Å²) in [5, 5.41) is 7.07. The van der Waals surface area contributed by atoms with Crippen LogP contribution in [-0.4, -0.2) is 44.1 Å². The number of aromatic amines is 1. The van der Waals surface area contributed by atoms with Gasteiger partial charge in [-0.15, -0.1) is 0 Å². The van der Waals surface area contributed by atoms with Crippen molar-refractivity contribution in [1.82, 2.24) is 25.1 Å². The molecule has 27 heavy (non-hydrogen) atoms. The van der Waals surface area contributed by atoms with Crippen molar-refractivity contribution in [2.45, 2.75) is 25.7 Å². The van der Waals surface area contributed by atoms with Gasteiger partial charge in [-0.1, -0.05) is 12.1 Å². The van der Waals surface area contributed by atoms with E-state index in [9.17, 15) is 4.79 Å². The molecule has 4 rings (SSSR count). The van der Waals surface area contributed by atoms with Crippen molar-refractivity contribution in [3.63, 3.8) is 0 Å². The minimum atomic E-state index is 0.0543. The highest BCUT2D eigenvalue weighted by molar-refractivity contribution is 5.95. The molecule has 0 unspecified atom stereocenters. The lowest BCUT2D eigenvalue weighted by atomic mass is 9.93. The quantitative estimate of drug-likeness (QED) is 0.746. The first-order chi connectivity index (χ1) is 13.1. The highest BCUT2D eigenvalue weighted by atomic mass is 16.2. The molecule has 3 heterocycles. The fourth-order valence-electron chi connectivity index (χ4n) is 3.62. The Balaban J connectivity index is 1.50. The maximum atomic E-state index is 13.0. The van der Waals surface area contributed by atoms with Gasteiger partial charge < -0.3 is 10.6 Å². The second-order valence-corrected chi connectivity index (χ2v) is 6.91. The van der Waals surface area contributed by atoms with Crippen LogP contribution in [0.15, 0.2) is 42.6 Å². The SMILES string of the molecule is Cc1cc(-c2cccc(C(=O)N3CCC(c4ccn[nH]4)CC3)c2)nc(N)n1. The van der Waals surface area contributed by atoms with Gasteiger partial charge in [-0.2, -0.15) is 5.10 Å². The first kappa shape index (κ1) is 17.2. The lowest BCUT2D eigenvalue weighted by Gasteiger charge is -2.31. The van der Waals surface area contributed by atoms with E-state index in [1.54, 1.807) is 6.20 Å². The van der Waals surface area contributed by atoms with E-state index < -0.39 is 0 Å². The number of carbonyl (C=O) groups is 1. The van der Waals surface area contributed by atoms with Gasteiger partial charge in [-0.3, -0.25) is 9.89 Å². The maximum absolute atomic E-state index is 13.0. The van der Waals surface area contributed by atoms with E-state index in [2.05, 4.69) is 20.2 Å². The average Bonchev–Trinajstić information content (AvgIpc) is 3.22. The van der Waals surface area contributed by atoms with Gasteiger partial charge in [-0.25, -0.2) is 9.97 Å². The summed E-state index contributed by atoms with van der Waals surface area (Å²) in [7, 11) is 0. The third-order valence-corrected chi connectivity index (χ3v) is 5.02. The zero-order valence-corrected chi connectivity index (χ0v) is 15.2. The zero-order valence-electron chi connectivity index (χ0n) is 15.2. The summed E-state index contributed by atoms with van der Waals surface area (Å²) in [6.07, 6.45) is 3.66. The molecule has 1 saturated heterocycles. The summed E-state index contributed by atoms with van der Waals surface area (Å²) < 4.78 is 0. The number of H-pyrrole nitrogens is 1. The number of nitrogen functional groups attached to an aromatic ring is 1. The number of piperidine rings is 1. The Kier molecular flexibility index (Phi) is 4.58. The van der Waals surface area contributed by atoms with Crippen LogP contribution in [0.3, 0.4) is 0 Å². The molecule has 2 aromatic heterocycles. The van der Waals surface area contributed by atoms with Crippen molar-refractivity contribution in [1.29, 1.82) is 0 Å². The van der Waals surface area contributed by atoms with Crippen LogP contribution in [0.5, 0.6) is 0 Å². The summed E-state index contributed by atoms with van der Waals surface area (Å²) in [5.41, 5.74) is 9.98. The first-order valence-electron chi connectivity index (χ1n) is 9.10. The van der Waals surface area contributed by atoms with Crippen LogP contribution in [-0.2, 0) is 0 Å². The van der Waals surface area contributed by atoms with Crippen LogP contribution in [0.1, 0.15) is 40.5 Å². The second kappa shape index (κ2) is 7.19. The van der Waals surface area contributed by atoms with Crippen LogP contribution >= 0.6 is 0 Å². The lowest BCUT2D eigenvalue weighted by Crippen LogP contribution is -2.38. The van der Waals surface area contributed by atoms with Crippen molar-refractivity contribution in [2.75, 3.05) is 18.8 Å². The molecule has 3 aromatic rings. The number of anilines is 1. The summed E-state index contributed by atoms with van der Waals surface area (Å²) in [4.78, 5) is 23.3.